The molecule has 0 radical (unpaired) electrons. The average molecular weight is 590 g/mol. The molecule has 198 valence electrons. The highest BCUT2D eigenvalue weighted by molar-refractivity contribution is 9.10. The summed E-state index contributed by atoms with van der Waals surface area (Å²) in [6, 6.07) is 8.94. The quantitative estimate of drug-likeness (QED) is 0.394. The molecule has 2 heterocycles. The van der Waals surface area contributed by atoms with Crippen molar-refractivity contribution in [2.75, 3.05) is 25.0 Å². The van der Waals surface area contributed by atoms with Crippen LogP contribution in [0.3, 0.4) is 0 Å². The van der Waals surface area contributed by atoms with Gasteiger partial charge in [0.1, 0.15) is 11.6 Å². The van der Waals surface area contributed by atoms with Crippen LogP contribution >= 0.6 is 27.5 Å². The van der Waals surface area contributed by atoms with Crippen molar-refractivity contribution in [3.8, 4) is 0 Å². The van der Waals surface area contributed by atoms with Crippen molar-refractivity contribution in [3.63, 3.8) is 0 Å². The Hall–Kier alpha value is -2.58. The van der Waals surface area contributed by atoms with Crippen LogP contribution in [0.2, 0.25) is 5.02 Å². The highest BCUT2D eigenvalue weighted by Crippen LogP contribution is 2.40. The van der Waals surface area contributed by atoms with E-state index in [1.54, 1.807) is 23.2 Å². The molecule has 0 spiro atoms. The molecule has 7 nitrogen and oxygen atoms in total. The molecular formula is C28H34BrClN4O3. The first-order valence-corrected chi connectivity index (χ1v) is 13.7. The molecule has 2 aliphatic rings. The molecule has 4 rings (SSSR count). The normalized spacial score (nSPS) is 19.1. The average Bonchev–Trinajstić information content (AvgIpc) is 3.25. The van der Waals surface area contributed by atoms with Crippen LogP contribution in [0, 0.1) is 13.8 Å². The summed E-state index contributed by atoms with van der Waals surface area (Å²) in [6.45, 7) is 10.6. The zero-order valence-corrected chi connectivity index (χ0v) is 24.6. The Labute approximate surface area is 232 Å². The van der Waals surface area contributed by atoms with E-state index in [1.165, 1.54) is 0 Å². The van der Waals surface area contributed by atoms with Gasteiger partial charge in [-0.15, -0.1) is 0 Å². The number of ether oxygens (including phenoxy) is 1. The summed E-state index contributed by atoms with van der Waals surface area (Å²) in [5.41, 5.74) is 3.83. The van der Waals surface area contributed by atoms with Crippen LogP contribution in [0.5, 0.6) is 0 Å². The van der Waals surface area contributed by atoms with Gasteiger partial charge in [-0.3, -0.25) is 4.79 Å². The number of nitrogens with zero attached hydrogens (tertiary/aromatic N) is 4. The zero-order chi connectivity index (χ0) is 27.1. The fourth-order valence-electron chi connectivity index (χ4n) is 4.89. The lowest BCUT2D eigenvalue weighted by molar-refractivity contribution is -0.132. The van der Waals surface area contributed by atoms with Crippen molar-refractivity contribution in [1.82, 2.24) is 9.80 Å². The second-order valence-corrected chi connectivity index (χ2v) is 12.2. The van der Waals surface area contributed by atoms with E-state index in [4.69, 9.17) is 16.3 Å². The second kappa shape index (κ2) is 10.7. The summed E-state index contributed by atoms with van der Waals surface area (Å²) in [4.78, 5) is 37.0. The van der Waals surface area contributed by atoms with Crippen molar-refractivity contribution >= 4 is 57.2 Å². The number of carbonyl (C=O) groups is 2. The molecule has 2 aromatic rings. The van der Waals surface area contributed by atoms with Gasteiger partial charge >= 0.3 is 6.09 Å². The molecule has 2 aliphatic heterocycles. The van der Waals surface area contributed by atoms with Crippen molar-refractivity contribution in [2.45, 2.75) is 65.1 Å². The molecule has 9 heteroatoms. The van der Waals surface area contributed by atoms with Gasteiger partial charge in [-0.1, -0.05) is 27.5 Å². The Morgan fingerprint density at radius 3 is 2.59 bits per heavy atom. The molecule has 0 N–H and O–H groups in total. The van der Waals surface area contributed by atoms with E-state index < -0.39 is 11.6 Å². The van der Waals surface area contributed by atoms with E-state index in [-0.39, 0.29) is 18.0 Å². The lowest BCUT2D eigenvalue weighted by atomic mass is 9.97. The van der Waals surface area contributed by atoms with E-state index >= 15 is 0 Å². The summed E-state index contributed by atoms with van der Waals surface area (Å²) in [5.74, 6) is -0.0863. The predicted octanol–water partition coefficient (Wildman–Crippen LogP) is 6.80. The third-order valence-electron chi connectivity index (χ3n) is 6.63. The van der Waals surface area contributed by atoms with Gasteiger partial charge in [-0.05, 0) is 88.9 Å². The number of likely N-dealkylation sites (tertiary alicyclic amines) is 1. The molecule has 0 unspecified atom stereocenters. The van der Waals surface area contributed by atoms with E-state index in [0.717, 1.165) is 45.4 Å². The number of likely N-dealkylation sites (N-methyl/N-ethyl adjacent to an activating group) is 1. The number of aryl methyl sites for hydroxylation is 2. The Kier molecular flexibility index (Phi) is 7.91. The number of aliphatic imine (C=N–C) groups is 1. The number of hydrogen-bond donors (Lipinski definition) is 0. The van der Waals surface area contributed by atoms with Gasteiger partial charge in [-0.25, -0.2) is 9.79 Å². The van der Waals surface area contributed by atoms with Crippen molar-refractivity contribution in [3.05, 3.63) is 56.5 Å². The van der Waals surface area contributed by atoms with Crippen LogP contribution in [-0.4, -0.2) is 59.9 Å². The lowest BCUT2D eigenvalue weighted by Gasteiger charge is -2.37. The van der Waals surface area contributed by atoms with Crippen LogP contribution in [0.4, 0.5) is 16.2 Å². The molecule has 2 atom stereocenters. The summed E-state index contributed by atoms with van der Waals surface area (Å²) >= 11 is 10.0. The van der Waals surface area contributed by atoms with Gasteiger partial charge in [0.15, 0.2) is 0 Å². The Balaban J connectivity index is 1.65. The van der Waals surface area contributed by atoms with Crippen molar-refractivity contribution in [1.29, 1.82) is 0 Å². The number of carbonyl (C=O) groups excluding carboxylic acids is 2. The maximum atomic E-state index is 14.1. The van der Waals surface area contributed by atoms with E-state index in [2.05, 4.69) is 20.9 Å². The molecule has 0 aliphatic carbocycles. The standard InChI is InChI=1S/C28H34BrClN4O3/c1-17-10-19(30)13-21(11-17)34-16-31-24-12-18(2)23(29)14-22(24)25(34)26(35)32(6)15-20-8-7-9-33(20)27(36)37-28(3,4)5/h10-14,16,20,25H,7-9,15H2,1-6H3/t20-,25+/m0/s1. The molecule has 0 bridgehead atoms. The zero-order valence-electron chi connectivity index (χ0n) is 22.2. The van der Waals surface area contributed by atoms with Crippen LogP contribution in [0.1, 0.15) is 56.3 Å². The third-order valence-corrected chi connectivity index (χ3v) is 7.70. The molecule has 1 saturated heterocycles. The number of benzene rings is 2. The number of fused-ring (bicyclic) bond motifs is 1. The molecule has 2 aromatic carbocycles. The summed E-state index contributed by atoms with van der Waals surface area (Å²) in [6.07, 6.45) is 3.08. The Bertz CT molecular complexity index is 1220. The van der Waals surface area contributed by atoms with Crippen LogP contribution in [0.25, 0.3) is 0 Å². The SMILES string of the molecule is Cc1cc(Cl)cc(N2C=Nc3cc(C)c(Br)cc3[C@@H]2C(=O)N(C)C[C@@H]2CCCN2C(=O)OC(C)(C)C)c1. The maximum absolute atomic E-state index is 14.1. The monoisotopic (exact) mass is 588 g/mol. The molecule has 0 aromatic heterocycles. The largest absolute Gasteiger partial charge is 0.444 e. The number of anilines is 1. The molecule has 2 amide bonds. The van der Waals surface area contributed by atoms with Crippen LogP contribution < -0.4 is 4.90 Å². The molecular weight excluding hydrogens is 556 g/mol. The Morgan fingerprint density at radius 2 is 1.92 bits per heavy atom. The minimum atomic E-state index is -0.636. The minimum Gasteiger partial charge on any atom is -0.444 e. The number of rotatable bonds is 4. The third kappa shape index (κ3) is 6.12. The van der Waals surface area contributed by atoms with Gasteiger partial charge < -0.3 is 19.4 Å². The van der Waals surface area contributed by atoms with E-state index in [9.17, 15) is 9.59 Å². The van der Waals surface area contributed by atoms with Gasteiger partial charge in [0.25, 0.3) is 0 Å². The highest BCUT2D eigenvalue weighted by Gasteiger charge is 2.38. The minimum absolute atomic E-state index is 0.0863. The lowest BCUT2D eigenvalue weighted by Crippen LogP contribution is -2.48. The number of amides is 2. The molecule has 1 fully saturated rings. The van der Waals surface area contributed by atoms with Gasteiger partial charge in [0, 0.05) is 40.9 Å². The van der Waals surface area contributed by atoms with E-state index in [0.29, 0.717) is 18.1 Å². The Morgan fingerprint density at radius 1 is 1.19 bits per heavy atom. The highest BCUT2D eigenvalue weighted by atomic mass is 79.9. The summed E-state index contributed by atoms with van der Waals surface area (Å²) in [7, 11) is 1.80. The van der Waals surface area contributed by atoms with Gasteiger partial charge in [0.2, 0.25) is 5.91 Å². The fourth-order valence-corrected chi connectivity index (χ4v) is 5.53. The van der Waals surface area contributed by atoms with Crippen LogP contribution in [-0.2, 0) is 9.53 Å². The van der Waals surface area contributed by atoms with E-state index in [1.807, 2.05) is 69.9 Å². The first-order valence-electron chi connectivity index (χ1n) is 12.5. The number of hydrogen-bond acceptors (Lipinski definition) is 5. The smallest absolute Gasteiger partial charge is 0.410 e. The predicted molar refractivity (Wildman–Crippen MR) is 152 cm³/mol. The first kappa shape index (κ1) is 27.5. The van der Waals surface area contributed by atoms with Gasteiger partial charge in [0.05, 0.1) is 18.1 Å². The van der Waals surface area contributed by atoms with Crippen molar-refractivity contribution < 1.29 is 14.3 Å². The fraction of sp³-hybridized carbons (Fsp3) is 0.464. The van der Waals surface area contributed by atoms with Crippen molar-refractivity contribution in [2.24, 2.45) is 4.99 Å². The number of halogens is 2. The first-order chi connectivity index (χ1) is 17.3. The van der Waals surface area contributed by atoms with Gasteiger partial charge in [-0.2, -0.15) is 0 Å². The molecule has 0 saturated carbocycles. The van der Waals surface area contributed by atoms with Crippen LogP contribution in [0.15, 0.2) is 39.8 Å². The summed E-state index contributed by atoms with van der Waals surface area (Å²) < 4.78 is 6.53. The molecule has 37 heavy (non-hydrogen) atoms. The topological polar surface area (TPSA) is 65.5 Å². The second-order valence-electron chi connectivity index (χ2n) is 10.9. The summed E-state index contributed by atoms with van der Waals surface area (Å²) in [5, 5.41) is 0.595. The maximum Gasteiger partial charge on any atom is 0.410 e.